The SMILES string of the molecule is O=C(Cc1cccc(N(C(=O)Cc2cccnc2)c2nccs2)c1)Nc1ncc([N+](=O)[O-])s1. The van der Waals surface area contributed by atoms with Crippen LogP contribution in [0.3, 0.4) is 0 Å². The van der Waals surface area contributed by atoms with Gasteiger partial charge in [0.25, 0.3) is 0 Å². The highest BCUT2D eigenvalue weighted by Gasteiger charge is 2.21. The minimum atomic E-state index is -0.563. The van der Waals surface area contributed by atoms with Gasteiger partial charge in [-0.15, -0.1) is 11.3 Å². The van der Waals surface area contributed by atoms with Crippen LogP contribution in [0, 0.1) is 10.1 Å². The molecule has 0 aliphatic rings. The fraction of sp³-hybridized carbons (Fsp3) is 0.0952. The summed E-state index contributed by atoms with van der Waals surface area (Å²) in [6, 6.07) is 10.6. The monoisotopic (exact) mass is 480 g/mol. The lowest BCUT2D eigenvalue weighted by Gasteiger charge is -2.21. The summed E-state index contributed by atoms with van der Waals surface area (Å²) in [7, 11) is 0. The average molecular weight is 481 g/mol. The van der Waals surface area contributed by atoms with Crippen LogP contribution in [0.4, 0.5) is 21.0 Å². The first-order valence-corrected chi connectivity index (χ1v) is 11.3. The van der Waals surface area contributed by atoms with Crippen molar-refractivity contribution >= 4 is 55.4 Å². The van der Waals surface area contributed by atoms with Crippen molar-refractivity contribution in [3.8, 4) is 0 Å². The first kappa shape index (κ1) is 22.2. The summed E-state index contributed by atoms with van der Waals surface area (Å²) in [6.45, 7) is 0. The van der Waals surface area contributed by atoms with E-state index >= 15 is 0 Å². The smallest absolute Gasteiger partial charge is 0.302 e. The number of anilines is 3. The van der Waals surface area contributed by atoms with Gasteiger partial charge in [-0.3, -0.25) is 29.6 Å². The predicted molar refractivity (Wildman–Crippen MR) is 125 cm³/mol. The van der Waals surface area contributed by atoms with Crippen LogP contribution in [0.5, 0.6) is 0 Å². The van der Waals surface area contributed by atoms with Gasteiger partial charge in [0.15, 0.2) is 10.3 Å². The molecule has 0 atom stereocenters. The van der Waals surface area contributed by atoms with Gasteiger partial charge in [-0.25, -0.2) is 9.97 Å². The molecule has 2 amide bonds. The fourth-order valence-corrected chi connectivity index (χ4v) is 4.33. The molecule has 0 saturated carbocycles. The van der Waals surface area contributed by atoms with Gasteiger partial charge < -0.3 is 5.32 Å². The third-order valence-electron chi connectivity index (χ3n) is 4.39. The highest BCUT2D eigenvalue weighted by atomic mass is 32.1. The second-order valence-corrected chi connectivity index (χ2v) is 8.62. The van der Waals surface area contributed by atoms with Crippen molar-refractivity contribution in [3.63, 3.8) is 0 Å². The zero-order valence-corrected chi connectivity index (χ0v) is 18.6. The normalized spacial score (nSPS) is 10.5. The third-order valence-corrected chi connectivity index (χ3v) is 6.01. The minimum absolute atomic E-state index is 0.00369. The Balaban J connectivity index is 1.52. The summed E-state index contributed by atoms with van der Waals surface area (Å²) in [5, 5.41) is 15.6. The van der Waals surface area contributed by atoms with E-state index in [-0.39, 0.29) is 34.8 Å². The first-order chi connectivity index (χ1) is 16.0. The van der Waals surface area contributed by atoms with Crippen molar-refractivity contribution < 1.29 is 14.5 Å². The number of nitrogens with one attached hydrogen (secondary N) is 1. The number of nitro groups is 1. The molecule has 0 aliphatic carbocycles. The number of benzene rings is 1. The zero-order valence-electron chi connectivity index (χ0n) is 17.0. The molecule has 4 rings (SSSR count). The van der Waals surface area contributed by atoms with Gasteiger partial charge in [0.1, 0.15) is 6.20 Å². The summed E-state index contributed by atoms with van der Waals surface area (Å²) in [5.41, 5.74) is 2.01. The quantitative estimate of drug-likeness (QED) is 0.298. The summed E-state index contributed by atoms with van der Waals surface area (Å²) < 4.78 is 0. The molecule has 0 fully saturated rings. The Labute approximate surface area is 195 Å². The second kappa shape index (κ2) is 10.1. The van der Waals surface area contributed by atoms with Crippen LogP contribution in [0.15, 0.2) is 66.6 Å². The lowest BCUT2D eigenvalue weighted by molar-refractivity contribution is -0.380. The number of aromatic nitrogens is 3. The van der Waals surface area contributed by atoms with E-state index in [1.807, 2.05) is 6.07 Å². The maximum Gasteiger partial charge on any atom is 0.345 e. The molecule has 12 heteroatoms. The molecule has 0 spiro atoms. The van der Waals surface area contributed by atoms with Gasteiger partial charge in [0, 0.05) is 24.0 Å². The van der Waals surface area contributed by atoms with E-state index in [1.165, 1.54) is 16.2 Å². The van der Waals surface area contributed by atoms with Gasteiger partial charge >= 0.3 is 5.00 Å². The van der Waals surface area contributed by atoms with Gasteiger partial charge in [-0.2, -0.15) is 0 Å². The second-order valence-electron chi connectivity index (χ2n) is 6.74. The van der Waals surface area contributed by atoms with E-state index in [1.54, 1.807) is 54.3 Å². The Morgan fingerprint density at radius 3 is 2.61 bits per heavy atom. The van der Waals surface area contributed by atoms with Crippen LogP contribution in [0.25, 0.3) is 0 Å². The molecule has 0 aliphatic heterocycles. The van der Waals surface area contributed by atoms with Gasteiger partial charge in [-0.1, -0.05) is 18.2 Å². The lowest BCUT2D eigenvalue weighted by Crippen LogP contribution is -2.27. The number of hydrogen-bond donors (Lipinski definition) is 1. The van der Waals surface area contributed by atoms with E-state index in [0.717, 1.165) is 23.1 Å². The highest BCUT2D eigenvalue weighted by Crippen LogP contribution is 2.29. The molecule has 3 aromatic heterocycles. The molecular formula is C21H16N6O4S2. The number of hydrogen-bond acceptors (Lipinski definition) is 9. The molecule has 166 valence electrons. The van der Waals surface area contributed by atoms with E-state index in [0.29, 0.717) is 16.4 Å². The molecule has 0 saturated heterocycles. The Morgan fingerprint density at radius 1 is 1.06 bits per heavy atom. The van der Waals surface area contributed by atoms with Crippen molar-refractivity contribution in [1.29, 1.82) is 0 Å². The van der Waals surface area contributed by atoms with E-state index < -0.39 is 4.92 Å². The van der Waals surface area contributed by atoms with Crippen molar-refractivity contribution in [2.75, 3.05) is 10.2 Å². The summed E-state index contributed by atoms with van der Waals surface area (Å²) in [4.78, 5) is 49.5. The molecule has 10 nitrogen and oxygen atoms in total. The van der Waals surface area contributed by atoms with Crippen molar-refractivity contribution in [3.05, 3.63) is 87.8 Å². The molecule has 33 heavy (non-hydrogen) atoms. The predicted octanol–water partition coefficient (Wildman–Crippen LogP) is 3.99. The molecule has 4 aromatic rings. The Bertz CT molecular complexity index is 1280. The molecule has 1 N–H and O–H groups in total. The first-order valence-electron chi connectivity index (χ1n) is 9.60. The largest absolute Gasteiger partial charge is 0.345 e. The molecule has 1 aromatic carbocycles. The molecule has 0 radical (unpaired) electrons. The molecule has 0 unspecified atom stereocenters. The number of amides is 2. The van der Waals surface area contributed by atoms with Crippen molar-refractivity contribution in [2.24, 2.45) is 0 Å². The Kier molecular flexibility index (Phi) is 6.76. The Morgan fingerprint density at radius 2 is 1.91 bits per heavy atom. The van der Waals surface area contributed by atoms with Crippen molar-refractivity contribution in [1.82, 2.24) is 15.0 Å². The topological polar surface area (TPSA) is 131 Å². The number of thiazole rings is 2. The van der Waals surface area contributed by atoms with Gasteiger partial charge in [0.05, 0.1) is 23.5 Å². The maximum atomic E-state index is 13.2. The highest BCUT2D eigenvalue weighted by molar-refractivity contribution is 7.18. The summed E-state index contributed by atoms with van der Waals surface area (Å²) >= 11 is 2.11. The zero-order chi connectivity index (χ0) is 23.2. The van der Waals surface area contributed by atoms with Crippen LogP contribution in [-0.4, -0.2) is 31.7 Å². The standard InChI is InChI=1S/C21H16N6O4S2/c28-17(25-20-24-13-19(33-20)27(30)31)10-14-3-1-5-16(9-14)26(21-23-7-8-32-21)18(29)11-15-4-2-6-22-12-15/h1-9,12-13H,10-11H2,(H,24,25,28). The molecule has 0 bridgehead atoms. The maximum absolute atomic E-state index is 13.2. The van der Waals surface area contributed by atoms with Crippen LogP contribution in [-0.2, 0) is 22.4 Å². The number of carbonyl (C=O) groups is 2. The summed E-state index contributed by atoms with van der Waals surface area (Å²) in [5.74, 6) is -0.562. The Hall–Kier alpha value is -4.03. The van der Waals surface area contributed by atoms with Gasteiger partial charge in [-0.05, 0) is 40.7 Å². The van der Waals surface area contributed by atoms with E-state index in [2.05, 4.69) is 20.3 Å². The van der Waals surface area contributed by atoms with Crippen LogP contribution >= 0.6 is 22.7 Å². The summed E-state index contributed by atoms with van der Waals surface area (Å²) in [6.07, 6.45) is 6.15. The fourth-order valence-electron chi connectivity index (χ4n) is 3.01. The van der Waals surface area contributed by atoms with E-state index in [9.17, 15) is 19.7 Å². The minimum Gasteiger partial charge on any atom is -0.302 e. The van der Waals surface area contributed by atoms with Crippen molar-refractivity contribution in [2.45, 2.75) is 12.8 Å². The van der Waals surface area contributed by atoms with E-state index in [4.69, 9.17) is 0 Å². The number of rotatable bonds is 8. The number of pyridine rings is 1. The van der Waals surface area contributed by atoms with Gasteiger partial charge in [0.2, 0.25) is 11.8 Å². The number of carbonyl (C=O) groups excluding carboxylic acids is 2. The van der Waals surface area contributed by atoms with Crippen LogP contribution < -0.4 is 10.2 Å². The van der Waals surface area contributed by atoms with Crippen LogP contribution in [0.1, 0.15) is 11.1 Å². The van der Waals surface area contributed by atoms with Crippen LogP contribution in [0.2, 0.25) is 0 Å². The average Bonchev–Trinajstić information content (AvgIpc) is 3.47. The lowest BCUT2D eigenvalue weighted by atomic mass is 10.1. The number of nitrogens with zero attached hydrogens (tertiary/aromatic N) is 5. The molecular weight excluding hydrogens is 464 g/mol. The molecule has 3 heterocycles. The third kappa shape index (κ3) is 5.61.